The van der Waals surface area contributed by atoms with Crippen LogP contribution in [0, 0.1) is 0 Å². The number of thiophene rings is 1. The number of ether oxygens (including phenoxy) is 1. The summed E-state index contributed by atoms with van der Waals surface area (Å²) in [7, 11) is 0. The van der Waals surface area contributed by atoms with E-state index >= 15 is 0 Å². The number of rotatable bonds is 8. The summed E-state index contributed by atoms with van der Waals surface area (Å²) >= 11 is 1.68. The van der Waals surface area contributed by atoms with Crippen LogP contribution in [-0.4, -0.2) is 5.97 Å². The molecule has 0 N–H and O–H groups in total. The van der Waals surface area contributed by atoms with Crippen molar-refractivity contribution in [2.24, 2.45) is 0 Å². The first kappa shape index (κ1) is 19.9. The topological polar surface area (TPSA) is 49.4 Å². The number of carboxylic acids is 1. The molecule has 0 saturated heterocycles. The largest absolute Gasteiger partial charge is 0.550 e. The molecule has 1 aromatic heterocycles. The zero-order valence-electron chi connectivity index (χ0n) is 16.4. The second-order valence-corrected chi connectivity index (χ2v) is 8.05. The van der Waals surface area contributed by atoms with Gasteiger partial charge in [0, 0.05) is 21.3 Å². The molecule has 0 bridgehead atoms. The molecule has 0 fully saturated rings. The van der Waals surface area contributed by atoms with Gasteiger partial charge in [-0.3, -0.25) is 0 Å². The fourth-order valence-corrected chi connectivity index (χ4v) is 4.47. The molecule has 4 aromatic rings. The number of para-hydroxylation sites is 1. The molecule has 0 aliphatic heterocycles. The SMILES string of the molecule is O=C([O-])CCc1ccccc1-c1ccc(-c2ccccc2OCc2ccccc2)s1. The van der Waals surface area contributed by atoms with Crippen LogP contribution in [0.1, 0.15) is 17.5 Å². The van der Waals surface area contributed by atoms with Crippen molar-refractivity contribution in [3.05, 3.63) is 102 Å². The zero-order valence-corrected chi connectivity index (χ0v) is 17.2. The van der Waals surface area contributed by atoms with Gasteiger partial charge in [-0.05, 0) is 53.8 Å². The van der Waals surface area contributed by atoms with Crippen molar-refractivity contribution in [3.8, 4) is 26.6 Å². The standard InChI is InChI=1S/C26H22O3S/c27-26(28)17-14-20-10-4-5-11-21(20)24-15-16-25(30-24)22-12-6-7-13-23(22)29-18-19-8-2-1-3-9-19/h1-13,15-16H,14,17-18H2,(H,27,28)/p-1. The summed E-state index contributed by atoms with van der Waals surface area (Å²) in [4.78, 5) is 13.1. The van der Waals surface area contributed by atoms with E-state index in [2.05, 4.69) is 30.3 Å². The summed E-state index contributed by atoms with van der Waals surface area (Å²) in [6.45, 7) is 0.516. The van der Waals surface area contributed by atoms with E-state index in [-0.39, 0.29) is 6.42 Å². The Bertz CT molecular complexity index is 1130. The molecule has 3 nitrogen and oxygen atoms in total. The average Bonchev–Trinajstić information content (AvgIpc) is 3.27. The fourth-order valence-electron chi connectivity index (χ4n) is 3.37. The summed E-state index contributed by atoms with van der Waals surface area (Å²) < 4.78 is 6.12. The third kappa shape index (κ3) is 4.78. The van der Waals surface area contributed by atoms with E-state index in [9.17, 15) is 9.90 Å². The Morgan fingerprint density at radius 3 is 2.17 bits per heavy atom. The van der Waals surface area contributed by atoms with E-state index in [1.165, 1.54) is 0 Å². The van der Waals surface area contributed by atoms with E-state index in [4.69, 9.17) is 4.74 Å². The van der Waals surface area contributed by atoms with Gasteiger partial charge >= 0.3 is 0 Å². The molecule has 0 unspecified atom stereocenters. The Balaban J connectivity index is 1.59. The van der Waals surface area contributed by atoms with Crippen molar-refractivity contribution in [3.63, 3.8) is 0 Å². The Hall–Kier alpha value is -3.37. The van der Waals surface area contributed by atoms with Crippen LogP contribution < -0.4 is 9.84 Å². The van der Waals surface area contributed by atoms with E-state index in [0.29, 0.717) is 13.0 Å². The second-order valence-electron chi connectivity index (χ2n) is 6.96. The monoisotopic (exact) mass is 413 g/mol. The van der Waals surface area contributed by atoms with E-state index in [0.717, 1.165) is 37.8 Å². The molecule has 0 amide bonds. The molecule has 0 atom stereocenters. The summed E-state index contributed by atoms with van der Waals surface area (Å²) in [5, 5.41) is 10.9. The number of benzene rings is 3. The third-order valence-electron chi connectivity index (χ3n) is 4.88. The van der Waals surface area contributed by atoms with Gasteiger partial charge in [0.1, 0.15) is 12.4 Å². The number of carbonyl (C=O) groups is 1. The lowest BCUT2D eigenvalue weighted by Gasteiger charge is -2.11. The van der Waals surface area contributed by atoms with Gasteiger partial charge in [0.2, 0.25) is 0 Å². The van der Waals surface area contributed by atoms with Crippen molar-refractivity contribution in [1.29, 1.82) is 0 Å². The first-order chi connectivity index (χ1) is 14.7. The molecule has 4 rings (SSSR count). The number of carboxylic acid groups (broad SMARTS) is 1. The van der Waals surface area contributed by atoms with E-state index in [1.807, 2.05) is 60.7 Å². The molecule has 0 spiro atoms. The highest BCUT2D eigenvalue weighted by Crippen LogP contribution is 2.39. The summed E-state index contributed by atoms with van der Waals surface area (Å²) in [6.07, 6.45) is 0.480. The van der Waals surface area contributed by atoms with Gasteiger partial charge in [0.25, 0.3) is 0 Å². The maximum Gasteiger partial charge on any atom is 0.128 e. The maximum atomic E-state index is 10.9. The lowest BCUT2D eigenvalue weighted by Crippen LogP contribution is -2.22. The summed E-state index contributed by atoms with van der Waals surface area (Å²) in [5.41, 5.74) is 4.26. The maximum absolute atomic E-state index is 10.9. The van der Waals surface area contributed by atoms with Gasteiger partial charge in [-0.25, -0.2) is 0 Å². The minimum Gasteiger partial charge on any atom is -0.550 e. The highest BCUT2D eigenvalue weighted by atomic mass is 32.1. The highest BCUT2D eigenvalue weighted by molar-refractivity contribution is 7.18. The van der Waals surface area contributed by atoms with Crippen LogP contribution in [0.15, 0.2) is 91.0 Å². The van der Waals surface area contributed by atoms with Gasteiger partial charge in [0.05, 0.1) is 0 Å². The molecule has 3 aromatic carbocycles. The molecule has 0 radical (unpaired) electrons. The number of hydrogen-bond donors (Lipinski definition) is 0. The summed E-state index contributed by atoms with van der Waals surface area (Å²) in [6, 6.07) is 30.3. The van der Waals surface area contributed by atoms with Gasteiger partial charge in [0.15, 0.2) is 0 Å². The lowest BCUT2D eigenvalue weighted by molar-refractivity contribution is -0.305. The van der Waals surface area contributed by atoms with Crippen molar-refractivity contribution in [1.82, 2.24) is 0 Å². The van der Waals surface area contributed by atoms with E-state index < -0.39 is 5.97 Å². The predicted octanol–water partition coefficient (Wildman–Crippen LogP) is 5.34. The summed E-state index contributed by atoms with van der Waals surface area (Å²) in [5.74, 6) is -0.179. The Morgan fingerprint density at radius 2 is 1.40 bits per heavy atom. The molecule has 0 aliphatic rings. The second kappa shape index (κ2) is 9.42. The van der Waals surface area contributed by atoms with Crippen molar-refractivity contribution in [2.75, 3.05) is 0 Å². The van der Waals surface area contributed by atoms with Crippen LogP contribution in [0.25, 0.3) is 20.9 Å². The minimum atomic E-state index is -1.03. The van der Waals surface area contributed by atoms with Gasteiger partial charge in [-0.1, -0.05) is 66.7 Å². The Kier molecular flexibility index (Phi) is 6.26. The first-order valence-corrected chi connectivity index (χ1v) is 10.7. The predicted molar refractivity (Wildman–Crippen MR) is 119 cm³/mol. The quantitative estimate of drug-likeness (QED) is 0.392. The van der Waals surface area contributed by atoms with Crippen molar-refractivity contribution in [2.45, 2.75) is 19.4 Å². The van der Waals surface area contributed by atoms with Crippen LogP contribution >= 0.6 is 11.3 Å². The number of aliphatic carboxylic acids is 1. The lowest BCUT2D eigenvalue weighted by atomic mass is 10.0. The van der Waals surface area contributed by atoms with Crippen LogP contribution in [-0.2, 0) is 17.8 Å². The zero-order chi connectivity index (χ0) is 20.8. The molecule has 150 valence electrons. The van der Waals surface area contributed by atoms with Crippen LogP contribution in [0.3, 0.4) is 0 Å². The number of aryl methyl sites for hydroxylation is 1. The van der Waals surface area contributed by atoms with Crippen LogP contribution in [0.4, 0.5) is 0 Å². The normalized spacial score (nSPS) is 10.7. The number of hydrogen-bond acceptors (Lipinski definition) is 4. The third-order valence-corrected chi connectivity index (χ3v) is 6.03. The molecule has 0 aliphatic carbocycles. The Morgan fingerprint density at radius 1 is 0.767 bits per heavy atom. The molecule has 30 heavy (non-hydrogen) atoms. The minimum absolute atomic E-state index is 0.0193. The smallest absolute Gasteiger partial charge is 0.128 e. The van der Waals surface area contributed by atoms with E-state index in [1.54, 1.807) is 11.3 Å². The van der Waals surface area contributed by atoms with Gasteiger partial charge in [-0.15, -0.1) is 11.3 Å². The molecular formula is C26H21O3S-. The Labute approximate surface area is 180 Å². The fraction of sp³-hybridized carbons (Fsp3) is 0.115. The molecular weight excluding hydrogens is 392 g/mol. The highest BCUT2D eigenvalue weighted by Gasteiger charge is 2.12. The number of carbonyl (C=O) groups excluding carboxylic acids is 1. The van der Waals surface area contributed by atoms with Crippen LogP contribution in [0.2, 0.25) is 0 Å². The van der Waals surface area contributed by atoms with Crippen molar-refractivity contribution >= 4 is 17.3 Å². The van der Waals surface area contributed by atoms with Crippen LogP contribution in [0.5, 0.6) is 5.75 Å². The molecule has 4 heteroatoms. The van der Waals surface area contributed by atoms with Gasteiger partial charge in [-0.2, -0.15) is 0 Å². The molecule has 0 saturated carbocycles. The van der Waals surface area contributed by atoms with Gasteiger partial charge < -0.3 is 14.6 Å². The molecule has 1 heterocycles. The van der Waals surface area contributed by atoms with Crippen molar-refractivity contribution < 1.29 is 14.6 Å². The first-order valence-electron chi connectivity index (χ1n) is 9.85. The average molecular weight is 414 g/mol.